The summed E-state index contributed by atoms with van der Waals surface area (Å²) in [5.74, 6) is -0.375. The van der Waals surface area contributed by atoms with Gasteiger partial charge in [-0.05, 0) is 68.5 Å². The van der Waals surface area contributed by atoms with Gasteiger partial charge >= 0.3 is 0 Å². The zero-order valence-electron chi connectivity index (χ0n) is 19.2. The minimum Gasteiger partial charge on any atom is -0.348 e. The van der Waals surface area contributed by atoms with Gasteiger partial charge in [-0.2, -0.15) is 4.72 Å². The highest BCUT2D eigenvalue weighted by Gasteiger charge is 2.29. The van der Waals surface area contributed by atoms with Crippen molar-refractivity contribution in [2.75, 3.05) is 0 Å². The molecule has 174 valence electrons. The maximum atomic E-state index is 13.4. The fourth-order valence-corrected chi connectivity index (χ4v) is 5.94. The molecule has 3 aromatic carbocycles. The van der Waals surface area contributed by atoms with E-state index in [0.29, 0.717) is 11.1 Å². The topological polar surface area (TPSA) is 75.3 Å². The molecule has 3 rings (SSSR count). The van der Waals surface area contributed by atoms with Crippen molar-refractivity contribution in [3.8, 4) is 0 Å². The van der Waals surface area contributed by atoms with Gasteiger partial charge in [0.25, 0.3) is 0 Å². The Morgan fingerprint density at radius 1 is 0.939 bits per heavy atom. The van der Waals surface area contributed by atoms with Crippen LogP contribution in [0.15, 0.2) is 76.1 Å². The van der Waals surface area contributed by atoms with Crippen LogP contribution in [-0.2, 0) is 21.2 Å². The number of hydrogen-bond acceptors (Lipinski definition) is 3. The van der Waals surface area contributed by atoms with E-state index >= 15 is 0 Å². The summed E-state index contributed by atoms with van der Waals surface area (Å²) in [7, 11) is -3.93. The number of carbonyl (C=O) groups excluding carboxylic acids is 1. The smallest absolute Gasteiger partial charge is 0.241 e. The molecule has 2 unspecified atom stereocenters. The largest absolute Gasteiger partial charge is 0.348 e. The van der Waals surface area contributed by atoms with E-state index in [0.717, 1.165) is 21.2 Å². The molecule has 2 N–H and O–H groups in total. The molecular formula is C26H29BrN2O3S. The molecule has 0 radical (unpaired) electrons. The summed E-state index contributed by atoms with van der Waals surface area (Å²) in [4.78, 5) is 13.5. The number of halogens is 1. The Labute approximate surface area is 204 Å². The van der Waals surface area contributed by atoms with Gasteiger partial charge in [0.1, 0.15) is 6.04 Å². The van der Waals surface area contributed by atoms with Crippen molar-refractivity contribution in [1.82, 2.24) is 10.0 Å². The normalized spacial score (nSPS) is 13.4. The van der Waals surface area contributed by atoms with Gasteiger partial charge in [-0.3, -0.25) is 4.79 Å². The van der Waals surface area contributed by atoms with Crippen LogP contribution in [0.3, 0.4) is 0 Å². The van der Waals surface area contributed by atoms with E-state index in [1.165, 1.54) is 0 Å². The van der Waals surface area contributed by atoms with Crippen LogP contribution in [0.1, 0.15) is 40.8 Å². The monoisotopic (exact) mass is 528 g/mol. The predicted octanol–water partition coefficient (Wildman–Crippen LogP) is 5.14. The van der Waals surface area contributed by atoms with E-state index in [2.05, 4.69) is 26.0 Å². The van der Waals surface area contributed by atoms with Gasteiger partial charge in [0.15, 0.2) is 0 Å². The van der Waals surface area contributed by atoms with Crippen molar-refractivity contribution in [2.24, 2.45) is 0 Å². The molecule has 0 bridgehead atoms. The lowest BCUT2D eigenvalue weighted by Crippen LogP contribution is -2.48. The molecule has 5 nitrogen and oxygen atoms in total. The summed E-state index contributed by atoms with van der Waals surface area (Å²) >= 11 is 3.41. The Kier molecular flexibility index (Phi) is 8.10. The van der Waals surface area contributed by atoms with Crippen LogP contribution in [0.5, 0.6) is 0 Å². The Bertz CT molecular complexity index is 1200. The number of amides is 1. The Morgan fingerprint density at radius 3 is 2.09 bits per heavy atom. The second-order valence-corrected chi connectivity index (χ2v) is 10.9. The molecule has 3 aromatic rings. The van der Waals surface area contributed by atoms with E-state index in [1.54, 1.807) is 13.8 Å². The molecule has 33 heavy (non-hydrogen) atoms. The van der Waals surface area contributed by atoms with Crippen LogP contribution in [0.2, 0.25) is 0 Å². The Balaban J connectivity index is 1.89. The highest BCUT2D eigenvalue weighted by Crippen LogP contribution is 2.23. The summed E-state index contributed by atoms with van der Waals surface area (Å²) in [6.07, 6.45) is 0.239. The lowest BCUT2D eigenvalue weighted by Gasteiger charge is -2.23. The third kappa shape index (κ3) is 6.53. The fourth-order valence-electron chi connectivity index (χ4n) is 4.02. The van der Waals surface area contributed by atoms with Crippen molar-refractivity contribution >= 4 is 31.9 Å². The van der Waals surface area contributed by atoms with Gasteiger partial charge < -0.3 is 5.32 Å². The summed E-state index contributed by atoms with van der Waals surface area (Å²) in [5, 5.41) is 2.97. The second-order valence-electron chi connectivity index (χ2n) is 8.37. The lowest BCUT2D eigenvalue weighted by molar-refractivity contribution is -0.123. The van der Waals surface area contributed by atoms with Crippen molar-refractivity contribution < 1.29 is 13.2 Å². The molecule has 0 aromatic heterocycles. The molecule has 0 spiro atoms. The van der Waals surface area contributed by atoms with Crippen molar-refractivity contribution in [3.63, 3.8) is 0 Å². The SMILES string of the molecule is Cc1cc(C)c(S(=O)(=O)NC(Cc2ccccc2)C(=O)NC(C)c2ccc(Br)cc2)c(C)c1. The molecule has 0 aliphatic carbocycles. The molecule has 0 saturated heterocycles. The standard InChI is InChI=1S/C26H29BrN2O3S/c1-17-14-18(2)25(19(3)15-17)33(31,32)29-24(16-21-8-6-5-7-9-21)26(30)28-20(4)22-10-12-23(27)13-11-22/h5-15,20,24,29H,16H2,1-4H3,(H,28,30). The number of nitrogens with one attached hydrogen (secondary N) is 2. The third-order valence-corrected chi connectivity index (χ3v) is 7.80. The molecule has 7 heteroatoms. The van der Waals surface area contributed by atoms with Crippen LogP contribution in [0.4, 0.5) is 0 Å². The first-order chi connectivity index (χ1) is 15.6. The van der Waals surface area contributed by atoms with Gasteiger partial charge in [0.05, 0.1) is 10.9 Å². The highest BCUT2D eigenvalue weighted by molar-refractivity contribution is 9.10. The van der Waals surface area contributed by atoms with E-state index < -0.39 is 16.1 Å². The van der Waals surface area contributed by atoms with Crippen molar-refractivity contribution in [1.29, 1.82) is 0 Å². The minimum atomic E-state index is -3.93. The molecule has 2 atom stereocenters. The summed E-state index contributed by atoms with van der Waals surface area (Å²) in [6.45, 7) is 7.36. The number of benzene rings is 3. The number of aryl methyl sites for hydroxylation is 3. The van der Waals surface area contributed by atoms with E-state index in [9.17, 15) is 13.2 Å². The third-order valence-electron chi connectivity index (χ3n) is 5.50. The molecule has 0 saturated carbocycles. The molecule has 1 amide bonds. The van der Waals surface area contributed by atoms with Crippen LogP contribution in [-0.4, -0.2) is 20.4 Å². The van der Waals surface area contributed by atoms with E-state index in [1.807, 2.05) is 80.6 Å². The lowest BCUT2D eigenvalue weighted by atomic mass is 10.0. The minimum absolute atomic E-state index is 0.222. The quantitative estimate of drug-likeness (QED) is 0.424. The molecule has 0 aliphatic rings. The number of hydrogen-bond donors (Lipinski definition) is 2. The molecule has 0 fully saturated rings. The first-order valence-electron chi connectivity index (χ1n) is 10.8. The zero-order chi connectivity index (χ0) is 24.2. The maximum absolute atomic E-state index is 13.4. The van der Waals surface area contributed by atoms with Gasteiger partial charge in [-0.25, -0.2) is 8.42 Å². The fraction of sp³-hybridized carbons (Fsp3) is 0.269. The van der Waals surface area contributed by atoms with Crippen molar-refractivity contribution in [3.05, 3.63) is 99.0 Å². The summed E-state index contributed by atoms with van der Waals surface area (Å²) in [6, 6.07) is 19.5. The average molecular weight is 530 g/mol. The second kappa shape index (κ2) is 10.6. The first kappa shape index (κ1) is 25.1. The van der Waals surface area contributed by atoms with E-state index in [4.69, 9.17) is 0 Å². The molecule has 0 heterocycles. The van der Waals surface area contributed by atoms with Crippen LogP contribution >= 0.6 is 15.9 Å². The predicted molar refractivity (Wildman–Crippen MR) is 136 cm³/mol. The van der Waals surface area contributed by atoms with Crippen molar-refractivity contribution in [2.45, 2.75) is 51.1 Å². The summed E-state index contributed by atoms with van der Waals surface area (Å²) < 4.78 is 30.4. The van der Waals surface area contributed by atoms with Gasteiger partial charge in [-0.1, -0.05) is 76.1 Å². The van der Waals surface area contributed by atoms with Crippen LogP contribution in [0, 0.1) is 20.8 Å². The number of carbonyl (C=O) groups is 1. The van der Waals surface area contributed by atoms with Gasteiger partial charge in [0.2, 0.25) is 15.9 Å². The number of sulfonamides is 1. The summed E-state index contributed by atoms with van der Waals surface area (Å²) in [5.41, 5.74) is 4.10. The highest BCUT2D eigenvalue weighted by atomic mass is 79.9. The molecular weight excluding hydrogens is 500 g/mol. The van der Waals surface area contributed by atoms with Gasteiger partial charge in [0, 0.05) is 4.47 Å². The van der Waals surface area contributed by atoms with E-state index in [-0.39, 0.29) is 23.3 Å². The number of rotatable bonds is 8. The van der Waals surface area contributed by atoms with Crippen LogP contribution in [0.25, 0.3) is 0 Å². The molecule has 0 aliphatic heterocycles. The Hall–Kier alpha value is -2.48. The zero-order valence-corrected chi connectivity index (χ0v) is 21.6. The van der Waals surface area contributed by atoms with Crippen LogP contribution < -0.4 is 10.0 Å². The Morgan fingerprint density at radius 2 is 1.52 bits per heavy atom. The first-order valence-corrected chi connectivity index (χ1v) is 13.0. The maximum Gasteiger partial charge on any atom is 0.241 e. The van der Waals surface area contributed by atoms with Gasteiger partial charge in [-0.15, -0.1) is 0 Å². The average Bonchev–Trinajstić information content (AvgIpc) is 2.73.